The lowest BCUT2D eigenvalue weighted by atomic mass is 10.2. The van der Waals surface area contributed by atoms with E-state index in [0.717, 1.165) is 0 Å². The maximum atomic E-state index is 12.6. The summed E-state index contributed by atoms with van der Waals surface area (Å²) < 4.78 is 5.82. The number of halogens is 1. The van der Waals surface area contributed by atoms with E-state index in [2.05, 4.69) is 5.32 Å². The molecule has 1 N–H and O–H groups in total. The third-order valence-corrected chi connectivity index (χ3v) is 4.93. The number of nitro groups is 1. The van der Waals surface area contributed by atoms with Crippen molar-refractivity contribution in [1.29, 1.82) is 0 Å². The van der Waals surface area contributed by atoms with Crippen LogP contribution >= 0.6 is 23.4 Å². The summed E-state index contributed by atoms with van der Waals surface area (Å²) in [6.07, 6.45) is 1.74. The number of carbonyl (C=O) groups excluding carboxylic acids is 1. The molecule has 0 aliphatic heterocycles. The second kappa shape index (κ2) is 8.77. The van der Waals surface area contributed by atoms with Gasteiger partial charge in [0.2, 0.25) is 0 Å². The number of ether oxygens (including phenoxy) is 1. The molecule has 0 unspecified atom stereocenters. The number of benzene rings is 3. The second-order valence-electron chi connectivity index (χ2n) is 5.63. The third-order valence-electron chi connectivity index (χ3n) is 3.83. The fourth-order valence-corrected chi connectivity index (χ4v) is 3.19. The molecule has 0 atom stereocenters. The average molecular weight is 415 g/mol. The van der Waals surface area contributed by atoms with Gasteiger partial charge in [0, 0.05) is 11.6 Å². The fourth-order valence-electron chi connectivity index (χ4n) is 2.47. The van der Waals surface area contributed by atoms with Crippen LogP contribution in [0.25, 0.3) is 0 Å². The number of amides is 1. The largest absolute Gasteiger partial charge is 0.454 e. The summed E-state index contributed by atoms with van der Waals surface area (Å²) in [6, 6.07) is 18.2. The first kappa shape index (κ1) is 19.7. The van der Waals surface area contributed by atoms with Gasteiger partial charge in [-0.15, -0.1) is 11.8 Å². The second-order valence-corrected chi connectivity index (χ2v) is 6.88. The van der Waals surface area contributed by atoms with E-state index >= 15 is 0 Å². The highest BCUT2D eigenvalue weighted by Gasteiger charge is 2.18. The Hall–Kier alpha value is -3.03. The van der Waals surface area contributed by atoms with Crippen molar-refractivity contribution in [2.75, 3.05) is 11.6 Å². The van der Waals surface area contributed by atoms with Crippen molar-refractivity contribution >= 4 is 40.6 Å². The molecule has 1 amide bonds. The van der Waals surface area contributed by atoms with Crippen LogP contribution in [0, 0.1) is 10.1 Å². The molecular formula is C20H15ClN2O4S. The van der Waals surface area contributed by atoms with E-state index in [1.54, 1.807) is 66.9 Å². The molecule has 6 nitrogen and oxygen atoms in total. The van der Waals surface area contributed by atoms with Gasteiger partial charge < -0.3 is 10.1 Å². The molecule has 28 heavy (non-hydrogen) atoms. The van der Waals surface area contributed by atoms with Crippen LogP contribution in [0.4, 0.5) is 11.4 Å². The molecule has 0 saturated heterocycles. The summed E-state index contributed by atoms with van der Waals surface area (Å²) in [5.74, 6) is 0.371. The van der Waals surface area contributed by atoms with Gasteiger partial charge in [-0.3, -0.25) is 14.9 Å². The number of hydrogen-bond acceptors (Lipinski definition) is 5. The van der Waals surface area contributed by atoms with Crippen LogP contribution in [-0.2, 0) is 0 Å². The van der Waals surface area contributed by atoms with E-state index in [9.17, 15) is 14.9 Å². The first-order chi connectivity index (χ1) is 13.5. The number of anilines is 1. The van der Waals surface area contributed by atoms with E-state index < -0.39 is 10.8 Å². The summed E-state index contributed by atoms with van der Waals surface area (Å²) in [4.78, 5) is 23.9. The van der Waals surface area contributed by atoms with Gasteiger partial charge in [0.05, 0.1) is 20.5 Å². The zero-order valence-electron chi connectivity index (χ0n) is 14.7. The van der Waals surface area contributed by atoms with Gasteiger partial charge in [-0.1, -0.05) is 35.9 Å². The van der Waals surface area contributed by atoms with Crippen molar-refractivity contribution in [3.8, 4) is 11.5 Å². The Kier molecular flexibility index (Phi) is 6.18. The number of nitrogens with one attached hydrogen (secondary N) is 1. The van der Waals surface area contributed by atoms with Crippen molar-refractivity contribution in [1.82, 2.24) is 0 Å². The molecule has 3 rings (SSSR count). The lowest BCUT2D eigenvalue weighted by molar-refractivity contribution is -0.387. The molecule has 0 bridgehead atoms. The van der Waals surface area contributed by atoms with Crippen molar-refractivity contribution in [3.63, 3.8) is 0 Å². The highest BCUT2D eigenvalue weighted by molar-refractivity contribution is 7.98. The van der Waals surface area contributed by atoms with E-state index in [4.69, 9.17) is 16.3 Å². The molecule has 0 spiro atoms. The lowest BCUT2D eigenvalue weighted by Gasteiger charge is -2.13. The molecule has 3 aromatic carbocycles. The van der Waals surface area contributed by atoms with E-state index in [1.807, 2.05) is 0 Å². The van der Waals surface area contributed by atoms with Crippen LogP contribution in [0.15, 0.2) is 71.6 Å². The summed E-state index contributed by atoms with van der Waals surface area (Å²) in [5.41, 5.74) is 0.488. The minimum atomic E-state index is -0.503. The molecule has 8 heteroatoms. The minimum Gasteiger partial charge on any atom is -0.454 e. The monoisotopic (exact) mass is 414 g/mol. The van der Waals surface area contributed by atoms with Crippen LogP contribution in [0.2, 0.25) is 5.02 Å². The molecule has 0 heterocycles. The molecule has 142 valence electrons. The Morgan fingerprint density at radius 2 is 1.75 bits per heavy atom. The van der Waals surface area contributed by atoms with Crippen LogP contribution in [0.1, 0.15) is 10.4 Å². The van der Waals surface area contributed by atoms with Crippen LogP contribution in [0.3, 0.4) is 0 Å². The maximum absolute atomic E-state index is 12.6. The van der Waals surface area contributed by atoms with Gasteiger partial charge in [-0.25, -0.2) is 0 Å². The van der Waals surface area contributed by atoms with E-state index in [0.29, 0.717) is 27.1 Å². The van der Waals surface area contributed by atoms with Crippen LogP contribution in [0.5, 0.6) is 11.5 Å². The molecule has 3 aromatic rings. The molecule has 0 radical (unpaired) electrons. The average Bonchev–Trinajstić information content (AvgIpc) is 2.70. The van der Waals surface area contributed by atoms with Crippen molar-refractivity contribution in [2.24, 2.45) is 0 Å². The SMILES string of the molecule is CSc1ccc(C(=O)Nc2ccccc2Oc2ccccc2Cl)cc1[N+](=O)[O-]. The molecule has 0 fully saturated rings. The standard InChI is InChI=1S/C20H15ClN2O4S/c1-28-19-11-10-13(12-16(19)23(25)26)20(24)22-15-7-3-5-9-18(15)27-17-8-4-2-6-14(17)21/h2-12H,1H3,(H,22,24). The topological polar surface area (TPSA) is 81.5 Å². The number of para-hydroxylation sites is 3. The molecule has 0 aromatic heterocycles. The summed E-state index contributed by atoms with van der Waals surface area (Å²) >= 11 is 7.37. The van der Waals surface area contributed by atoms with Crippen LogP contribution < -0.4 is 10.1 Å². The number of thioether (sulfide) groups is 1. The summed E-state index contributed by atoms with van der Waals surface area (Å²) in [7, 11) is 0. The predicted octanol–water partition coefficient (Wildman–Crippen LogP) is 6.01. The van der Waals surface area contributed by atoms with Crippen molar-refractivity contribution in [3.05, 3.63) is 87.4 Å². The fraction of sp³-hybridized carbons (Fsp3) is 0.0500. The van der Waals surface area contributed by atoms with Gasteiger partial charge >= 0.3 is 0 Å². The number of nitrogens with zero attached hydrogens (tertiary/aromatic N) is 1. The van der Waals surface area contributed by atoms with Crippen molar-refractivity contribution < 1.29 is 14.5 Å². The zero-order valence-corrected chi connectivity index (χ0v) is 16.3. The molecule has 0 aliphatic rings. The number of rotatable bonds is 6. The van der Waals surface area contributed by atoms with E-state index in [1.165, 1.54) is 17.8 Å². The van der Waals surface area contributed by atoms with Crippen LogP contribution in [-0.4, -0.2) is 17.1 Å². The quantitative estimate of drug-likeness (QED) is 0.303. The lowest BCUT2D eigenvalue weighted by Crippen LogP contribution is -2.13. The van der Waals surface area contributed by atoms with Gasteiger partial charge in [-0.05, 0) is 42.7 Å². The zero-order chi connectivity index (χ0) is 20.1. The Balaban J connectivity index is 1.86. The normalized spacial score (nSPS) is 10.4. The minimum absolute atomic E-state index is 0.110. The Labute approximate surface area is 170 Å². The Morgan fingerprint density at radius 1 is 1.07 bits per heavy atom. The number of carbonyl (C=O) groups is 1. The van der Waals surface area contributed by atoms with E-state index in [-0.39, 0.29) is 11.3 Å². The predicted molar refractivity (Wildman–Crippen MR) is 111 cm³/mol. The summed E-state index contributed by atoms with van der Waals surface area (Å²) in [6.45, 7) is 0. The first-order valence-corrected chi connectivity index (χ1v) is 9.75. The smallest absolute Gasteiger partial charge is 0.283 e. The Bertz CT molecular complexity index is 1040. The van der Waals surface area contributed by atoms with Gasteiger partial charge in [-0.2, -0.15) is 0 Å². The highest BCUT2D eigenvalue weighted by Crippen LogP contribution is 2.34. The first-order valence-electron chi connectivity index (χ1n) is 8.15. The molecule has 0 saturated carbocycles. The Morgan fingerprint density at radius 3 is 2.43 bits per heavy atom. The maximum Gasteiger partial charge on any atom is 0.283 e. The van der Waals surface area contributed by atoms with Gasteiger partial charge in [0.15, 0.2) is 5.75 Å². The van der Waals surface area contributed by atoms with Gasteiger partial charge in [0.25, 0.3) is 11.6 Å². The summed E-state index contributed by atoms with van der Waals surface area (Å²) in [5, 5.41) is 14.4. The number of hydrogen-bond donors (Lipinski definition) is 1. The number of nitro benzene ring substituents is 1. The molecule has 0 aliphatic carbocycles. The highest BCUT2D eigenvalue weighted by atomic mass is 35.5. The third kappa shape index (κ3) is 4.44. The van der Waals surface area contributed by atoms with Gasteiger partial charge in [0.1, 0.15) is 5.75 Å². The van der Waals surface area contributed by atoms with Crippen molar-refractivity contribution in [2.45, 2.75) is 4.90 Å². The molecular weight excluding hydrogens is 400 g/mol.